The number of nitrogens with zero attached hydrogens (tertiary/aromatic N) is 2. The summed E-state index contributed by atoms with van der Waals surface area (Å²) in [4.78, 5) is 29.0. The van der Waals surface area contributed by atoms with Crippen molar-refractivity contribution < 1.29 is 9.59 Å². The number of carbonyl (C=O) groups is 2. The Morgan fingerprint density at radius 3 is 2.50 bits per heavy atom. The van der Waals surface area contributed by atoms with Crippen molar-refractivity contribution in [2.24, 2.45) is 5.92 Å². The van der Waals surface area contributed by atoms with E-state index in [1.807, 2.05) is 53.1 Å². The second kappa shape index (κ2) is 8.30. The predicted octanol–water partition coefficient (Wildman–Crippen LogP) is 3.64. The van der Waals surface area contributed by atoms with E-state index in [4.69, 9.17) is 0 Å². The molecule has 2 aliphatic rings. The van der Waals surface area contributed by atoms with Crippen LogP contribution >= 0.6 is 11.8 Å². The molecule has 2 amide bonds. The fourth-order valence-corrected chi connectivity index (χ4v) is 5.22. The van der Waals surface area contributed by atoms with E-state index in [2.05, 4.69) is 18.7 Å². The molecule has 140 valence electrons. The van der Waals surface area contributed by atoms with E-state index in [1.165, 1.54) is 0 Å². The number of amides is 2. The monoisotopic (exact) mass is 372 g/mol. The molecule has 2 aliphatic heterocycles. The van der Waals surface area contributed by atoms with Crippen molar-refractivity contribution in [1.29, 1.82) is 0 Å². The van der Waals surface area contributed by atoms with Gasteiger partial charge in [-0.15, -0.1) is 11.8 Å². The van der Waals surface area contributed by atoms with Crippen LogP contribution in [-0.4, -0.2) is 51.9 Å². The summed E-state index contributed by atoms with van der Waals surface area (Å²) in [5.74, 6) is 1.72. The molecule has 2 fully saturated rings. The molecule has 1 spiro atoms. The number of hydrogen-bond acceptors (Lipinski definition) is 3. The summed E-state index contributed by atoms with van der Waals surface area (Å²) >= 11 is 1.90. The van der Waals surface area contributed by atoms with Crippen molar-refractivity contribution in [2.75, 3.05) is 25.4 Å². The first-order chi connectivity index (χ1) is 12.5. The minimum atomic E-state index is -0.0914. The molecule has 0 bridgehead atoms. The van der Waals surface area contributed by atoms with Crippen molar-refractivity contribution in [1.82, 2.24) is 9.80 Å². The number of piperidine rings is 1. The molecule has 2 heterocycles. The van der Waals surface area contributed by atoms with Crippen LogP contribution in [0.2, 0.25) is 0 Å². The molecule has 2 saturated heterocycles. The van der Waals surface area contributed by atoms with E-state index in [1.54, 1.807) is 6.08 Å². The maximum atomic E-state index is 12.6. The van der Waals surface area contributed by atoms with Crippen LogP contribution in [0.5, 0.6) is 0 Å². The van der Waals surface area contributed by atoms with E-state index in [0.717, 1.165) is 43.8 Å². The number of thioether (sulfide) groups is 1. The number of carbonyl (C=O) groups excluding carboxylic acids is 2. The molecular formula is C21H28N2O2S. The van der Waals surface area contributed by atoms with Crippen molar-refractivity contribution >= 4 is 29.7 Å². The molecule has 1 aromatic rings. The number of likely N-dealkylation sites (tertiary alicyclic amines) is 1. The summed E-state index contributed by atoms with van der Waals surface area (Å²) in [6, 6.07) is 9.88. The molecule has 1 aromatic carbocycles. The Balaban J connectivity index is 1.58. The van der Waals surface area contributed by atoms with Crippen molar-refractivity contribution in [3.05, 3.63) is 42.0 Å². The van der Waals surface area contributed by atoms with Crippen LogP contribution < -0.4 is 0 Å². The first-order valence-electron chi connectivity index (χ1n) is 9.47. The topological polar surface area (TPSA) is 40.6 Å². The van der Waals surface area contributed by atoms with Gasteiger partial charge < -0.3 is 9.80 Å². The zero-order valence-electron chi connectivity index (χ0n) is 15.7. The van der Waals surface area contributed by atoms with Gasteiger partial charge in [0.2, 0.25) is 11.8 Å². The third-order valence-electron chi connectivity index (χ3n) is 5.14. The Hall–Kier alpha value is -1.75. The van der Waals surface area contributed by atoms with Crippen molar-refractivity contribution in [3.63, 3.8) is 0 Å². The van der Waals surface area contributed by atoms with E-state index in [0.29, 0.717) is 12.3 Å². The van der Waals surface area contributed by atoms with Crippen molar-refractivity contribution in [2.45, 2.75) is 38.0 Å². The lowest BCUT2D eigenvalue weighted by atomic mass is 10.00. The zero-order chi connectivity index (χ0) is 18.6. The molecule has 0 saturated carbocycles. The minimum absolute atomic E-state index is 0.0618. The van der Waals surface area contributed by atoms with Gasteiger partial charge in [0.25, 0.3) is 0 Å². The van der Waals surface area contributed by atoms with E-state index >= 15 is 0 Å². The molecule has 5 heteroatoms. The molecule has 0 aromatic heterocycles. The highest BCUT2D eigenvalue weighted by atomic mass is 32.2. The Kier molecular flexibility index (Phi) is 6.07. The quantitative estimate of drug-likeness (QED) is 0.758. The Morgan fingerprint density at radius 1 is 1.15 bits per heavy atom. The minimum Gasteiger partial charge on any atom is -0.339 e. The molecule has 4 nitrogen and oxygen atoms in total. The van der Waals surface area contributed by atoms with E-state index < -0.39 is 0 Å². The summed E-state index contributed by atoms with van der Waals surface area (Å²) in [7, 11) is 0. The van der Waals surface area contributed by atoms with Gasteiger partial charge in [-0.2, -0.15) is 0 Å². The van der Waals surface area contributed by atoms with Gasteiger partial charge in [-0.05, 0) is 30.4 Å². The molecule has 26 heavy (non-hydrogen) atoms. The van der Waals surface area contributed by atoms with Crippen LogP contribution in [-0.2, 0) is 9.59 Å². The lowest BCUT2D eigenvalue weighted by molar-refractivity contribution is -0.136. The SMILES string of the molecule is CC(C)CC(=O)N1CCSC12CCN(C(=O)C=Cc1ccccc1)CC2. The highest BCUT2D eigenvalue weighted by Crippen LogP contribution is 2.44. The normalized spacial score (nSPS) is 19.7. The first-order valence-corrected chi connectivity index (χ1v) is 10.5. The molecule has 0 unspecified atom stereocenters. The van der Waals surface area contributed by atoms with Gasteiger partial charge in [0.1, 0.15) is 0 Å². The molecule has 0 N–H and O–H groups in total. The standard InChI is InChI=1S/C21H28N2O2S/c1-17(2)16-20(25)23-14-15-26-21(23)10-12-22(13-11-21)19(24)9-8-18-6-4-3-5-7-18/h3-9,17H,10-16H2,1-2H3. The number of hydrogen-bond donors (Lipinski definition) is 0. The third-order valence-corrected chi connectivity index (χ3v) is 6.69. The molecule has 0 aliphatic carbocycles. The van der Waals surface area contributed by atoms with E-state index in [-0.39, 0.29) is 16.7 Å². The number of benzene rings is 1. The van der Waals surface area contributed by atoms with Crippen LogP contribution in [0.15, 0.2) is 36.4 Å². The smallest absolute Gasteiger partial charge is 0.246 e. The Bertz CT molecular complexity index is 664. The Morgan fingerprint density at radius 2 is 1.85 bits per heavy atom. The van der Waals surface area contributed by atoms with Crippen LogP contribution in [0, 0.1) is 5.92 Å². The largest absolute Gasteiger partial charge is 0.339 e. The summed E-state index contributed by atoms with van der Waals surface area (Å²) in [5, 5.41) is 0. The van der Waals surface area contributed by atoms with Crippen LogP contribution in [0.3, 0.4) is 0 Å². The third kappa shape index (κ3) is 4.32. The van der Waals surface area contributed by atoms with E-state index in [9.17, 15) is 9.59 Å². The maximum absolute atomic E-state index is 12.6. The van der Waals surface area contributed by atoms with Crippen LogP contribution in [0.1, 0.15) is 38.7 Å². The van der Waals surface area contributed by atoms with Crippen LogP contribution in [0.4, 0.5) is 0 Å². The lowest BCUT2D eigenvalue weighted by Crippen LogP contribution is -2.53. The fourth-order valence-electron chi connectivity index (χ4n) is 3.75. The lowest BCUT2D eigenvalue weighted by Gasteiger charge is -2.44. The average molecular weight is 373 g/mol. The van der Waals surface area contributed by atoms with Gasteiger partial charge in [-0.1, -0.05) is 44.2 Å². The fraction of sp³-hybridized carbons (Fsp3) is 0.524. The second-order valence-electron chi connectivity index (χ2n) is 7.51. The highest BCUT2D eigenvalue weighted by Gasteiger charge is 2.46. The Labute approximate surface area is 160 Å². The molecular weight excluding hydrogens is 344 g/mol. The molecule has 3 rings (SSSR count). The zero-order valence-corrected chi connectivity index (χ0v) is 16.5. The predicted molar refractivity (Wildman–Crippen MR) is 108 cm³/mol. The van der Waals surface area contributed by atoms with Gasteiger partial charge in [0, 0.05) is 37.9 Å². The second-order valence-corrected chi connectivity index (χ2v) is 8.96. The van der Waals surface area contributed by atoms with Gasteiger partial charge in [-0.25, -0.2) is 0 Å². The van der Waals surface area contributed by atoms with Crippen LogP contribution in [0.25, 0.3) is 6.08 Å². The maximum Gasteiger partial charge on any atom is 0.246 e. The number of rotatable bonds is 4. The van der Waals surface area contributed by atoms with Gasteiger partial charge >= 0.3 is 0 Å². The van der Waals surface area contributed by atoms with Gasteiger partial charge in [-0.3, -0.25) is 9.59 Å². The van der Waals surface area contributed by atoms with Crippen molar-refractivity contribution in [3.8, 4) is 0 Å². The van der Waals surface area contributed by atoms with Gasteiger partial charge in [0.05, 0.1) is 4.87 Å². The average Bonchev–Trinajstić information content (AvgIpc) is 3.04. The molecule has 0 radical (unpaired) electrons. The summed E-state index contributed by atoms with van der Waals surface area (Å²) in [5.41, 5.74) is 1.03. The summed E-state index contributed by atoms with van der Waals surface area (Å²) < 4.78 is 0. The first kappa shape index (κ1) is 19.0. The van der Waals surface area contributed by atoms with Gasteiger partial charge in [0.15, 0.2) is 0 Å². The summed E-state index contributed by atoms with van der Waals surface area (Å²) in [6.45, 7) is 6.47. The summed E-state index contributed by atoms with van der Waals surface area (Å²) in [6.07, 6.45) is 5.88. The molecule has 0 atom stereocenters. The highest BCUT2D eigenvalue weighted by molar-refractivity contribution is 8.00.